The molecule has 4 heteroatoms. The molecular weight excluding hydrogens is 255 g/mol. The van der Waals surface area contributed by atoms with Gasteiger partial charge >= 0.3 is 0 Å². The van der Waals surface area contributed by atoms with Gasteiger partial charge in [0.1, 0.15) is 5.82 Å². The lowest BCUT2D eigenvalue weighted by Gasteiger charge is -2.23. The van der Waals surface area contributed by atoms with E-state index in [2.05, 4.69) is 5.32 Å². The molecule has 1 fully saturated rings. The highest BCUT2D eigenvalue weighted by atomic mass is 19.1. The molecule has 110 valence electrons. The maximum atomic E-state index is 13.2. The van der Waals surface area contributed by atoms with Gasteiger partial charge in [0.15, 0.2) is 0 Å². The van der Waals surface area contributed by atoms with Crippen LogP contribution in [0.15, 0.2) is 18.2 Å². The lowest BCUT2D eigenvalue weighted by Crippen LogP contribution is -2.38. The molecule has 3 nitrogen and oxygen atoms in total. The van der Waals surface area contributed by atoms with Crippen molar-refractivity contribution in [2.45, 2.75) is 51.5 Å². The highest BCUT2D eigenvalue weighted by Gasteiger charge is 2.21. The van der Waals surface area contributed by atoms with Crippen LogP contribution in [0.4, 0.5) is 10.1 Å². The van der Waals surface area contributed by atoms with Crippen molar-refractivity contribution in [1.29, 1.82) is 0 Å². The lowest BCUT2D eigenvalue weighted by molar-refractivity contribution is 0.0924. The number of hydrogen-bond acceptors (Lipinski definition) is 2. The Balaban J connectivity index is 2.01. The van der Waals surface area contributed by atoms with Gasteiger partial charge in [-0.25, -0.2) is 4.39 Å². The van der Waals surface area contributed by atoms with Crippen molar-refractivity contribution in [2.75, 3.05) is 5.73 Å². The van der Waals surface area contributed by atoms with Crippen LogP contribution >= 0.6 is 0 Å². The normalized spacial score (nSPS) is 18.3. The molecule has 1 aliphatic rings. The first kappa shape index (κ1) is 14.8. The number of nitrogens with one attached hydrogen (secondary N) is 1. The van der Waals surface area contributed by atoms with Crippen LogP contribution < -0.4 is 11.1 Å². The van der Waals surface area contributed by atoms with Crippen molar-refractivity contribution in [3.05, 3.63) is 29.6 Å². The van der Waals surface area contributed by atoms with E-state index in [1.54, 1.807) is 0 Å². The Morgan fingerprint density at radius 2 is 1.95 bits per heavy atom. The first-order valence-electron chi connectivity index (χ1n) is 7.44. The second kappa shape index (κ2) is 6.73. The van der Waals surface area contributed by atoms with Gasteiger partial charge in [-0.05, 0) is 43.9 Å². The molecule has 1 aromatic rings. The molecule has 1 saturated carbocycles. The number of nitrogens with two attached hydrogens (primary N) is 1. The van der Waals surface area contributed by atoms with E-state index in [0.717, 1.165) is 12.8 Å². The van der Waals surface area contributed by atoms with Gasteiger partial charge in [-0.2, -0.15) is 0 Å². The fraction of sp³-hybridized carbons (Fsp3) is 0.562. The van der Waals surface area contributed by atoms with Gasteiger partial charge in [0.2, 0.25) is 0 Å². The predicted octanol–water partition coefficient (Wildman–Crippen LogP) is 3.50. The molecule has 0 bridgehead atoms. The summed E-state index contributed by atoms with van der Waals surface area (Å²) >= 11 is 0. The molecule has 0 saturated heterocycles. The molecule has 3 N–H and O–H groups in total. The summed E-state index contributed by atoms with van der Waals surface area (Å²) in [6.07, 6.45) is 7.34. The smallest absolute Gasteiger partial charge is 0.253 e. The Morgan fingerprint density at radius 1 is 1.30 bits per heavy atom. The highest BCUT2D eigenvalue weighted by Crippen LogP contribution is 2.25. The van der Waals surface area contributed by atoms with E-state index in [9.17, 15) is 9.18 Å². The number of benzene rings is 1. The Bertz CT molecular complexity index is 468. The van der Waals surface area contributed by atoms with E-state index in [-0.39, 0.29) is 17.5 Å². The Labute approximate surface area is 119 Å². The summed E-state index contributed by atoms with van der Waals surface area (Å²) < 4.78 is 13.2. The number of hydrogen-bond donors (Lipinski definition) is 2. The van der Waals surface area contributed by atoms with Gasteiger partial charge in [0.05, 0.1) is 5.56 Å². The second-order valence-electron chi connectivity index (χ2n) is 5.75. The molecule has 1 aliphatic carbocycles. The average molecular weight is 278 g/mol. The van der Waals surface area contributed by atoms with Crippen molar-refractivity contribution in [3.63, 3.8) is 0 Å². The number of carbonyl (C=O) groups is 1. The Kier molecular flexibility index (Phi) is 4.99. The van der Waals surface area contributed by atoms with Crippen molar-refractivity contribution >= 4 is 11.6 Å². The monoisotopic (exact) mass is 278 g/mol. The summed E-state index contributed by atoms with van der Waals surface area (Å²) in [7, 11) is 0. The molecule has 0 heterocycles. The van der Waals surface area contributed by atoms with E-state index in [1.165, 1.54) is 43.9 Å². The highest BCUT2D eigenvalue weighted by molar-refractivity contribution is 5.99. The predicted molar refractivity (Wildman–Crippen MR) is 78.9 cm³/mol. The first-order valence-corrected chi connectivity index (χ1v) is 7.44. The molecule has 0 radical (unpaired) electrons. The fourth-order valence-electron chi connectivity index (χ4n) is 2.94. The minimum atomic E-state index is -0.438. The largest absolute Gasteiger partial charge is 0.398 e. The number of amides is 1. The summed E-state index contributed by atoms with van der Waals surface area (Å²) in [6.45, 7) is 2.03. The van der Waals surface area contributed by atoms with Crippen molar-refractivity contribution in [2.24, 2.45) is 5.92 Å². The molecular formula is C16H23FN2O. The maximum absolute atomic E-state index is 13.2. The Hall–Kier alpha value is -1.58. The van der Waals surface area contributed by atoms with Gasteiger partial charge in [-0.15, -0.1) is 0 Å². The van der Waals surface area contributed by atoms with E-state index >= 15 is 0 Å². The number of carbonyl (C=O) groups excluding carboxylic acids is 1. The van der Waals surface area contributed by atoms with Gasteiger partial charge < -0.3 is 11.1 Å². The summed E-state index contributed by atoms with van der Waals surface area (Å²) in [5.74, 6) is -0.207. The van der Waals surface area contributed by atoms with Crippen LogP contribution in [0, 0.1) is 11.7 Å². The fourth-order valence-corrected chi connectivity index (χ4v) is 2.94. The van der Waals surface area contributed by atoms with Crippen molar-refractivity contribution in [3.8, 4) is 0 Å². The van der Waals surface area contributed by atoms with Crippen LogP contribution in [0.5, 0.6) is 0 Å². The van der Waals surface area contributed by atoms with E-state index in [4.69, 9.17) is 5.73 Å². The molecule has 0 aliphatic heterocycles. The molecule has 0 unspecified atom stereocenters. The van der Waals surface area contributed by atoms with Crippen molar-refractivity contribution < 1.29 is 9.18 Å². The Morgan fingerprint density at radius 3 is 2.60 bits per heavy atom. The summed E-state index contributed by atoms with van der Waals surface area (Å²) in [5.41, 5.74) is 6.29. The molecule has 2 rings (SSSR count). The zero-order valence-electron chi connectivity index (χ0n) is 12.0. The third kappa shape index (κ3) is 3.71. The second-order valence-corrected chi connectivity index (χ2v) is 5.75. The van der Waals surface area contributed by atoms with E-state index in [0.29, 0.717) is 11.6 Å². The molecule has 1 atom stereocenters. The molecule has 1 amide bonds. The van der Waals surface area contributed by atoms with Gasteiger partial charge in [0.25, 0.3) is 5.91 Å². The maximum Gasteiger partial charge on any atom is 0.253 e. The molecule has 20 heavy (non-hydrogen) atoms. The molecule has 0 aromatic heterocycles. The quantitative estimate of drug-likeness (QED) is 0.657. The summed E-state index contributed by atoms with van der Waals surface area (Å²) in [6, 6.07) is 3.99. The van der Waals surface area contributed by atoms with E-state index < -0.39 is 5.82 Å². The average Bonchev–Trinajstić information content (AvgIpc) is 2.70. The zero-order valence-corrected chi connectivity index (χ0v) is 12.0. The van der Waals surface area contributed by atoms with Gasteiger partial charge in [-0.3, -0.25) is 4.79 Å². The topological polar surface area (TPSA) is 55.1 Å². The number of anilines is 1. The van der Waals surface area contributed by atoms with Crippen LogP contribution in [0.25, 0.3) is 0 Å². The number of rotatable bonds is 3. The van der Waals surface area contributed by atoms with Crippen LogP contribution in [0.1, 0.15) is 55.8 Å². The summed E-state index contributed by atoms with van der Waals surface area (Å²) in [4.78, 5) is 12.2. The van der Waals surface area contributed by atoms with Gasteiger partial charge in [0, 0.05) is 11.7 Å². The summed E-state index contributed by atoms with van der Waals surface area (Å²) in [5, 5.41) is 2.98. The third-order valence-corrected chi connectivity index (χ3v) is 4.23. The first-order chi connectivity index (χ1) is 9.58. The van der Waals surface area contributed by atoms with Gasteiger partial charge in [-0.1, -0.05) is 25.7 Å². The molecule has 1 aromatic carbocycles. The van der Waals surface area contributed by atoms with Crippen LogP contribution in [0.2, 0.25) is 0 Å². The standard InChI is InChI=1S/C16H23FN2O/c1-11(12-6-4-2-3-5-7-12)19-16(20)14-10-13(17)8-9-15(14)18/h8-12H,2-7,18H2,1H3,(H,19,20)/t11-/m1/s1. The zero-order chi connectivity index (χ0) is 14.5. The van der Waals surface area contributed by atoms with E-state index in [1.807, 2.05) is 6.92 Å². The van der Waals surface area contributed by atoms with Crippen LogP contribution in [-0.2, 0) is 0 Å². The van der Waals surface area contributed by atoms with Crippen molar-refractivity contribution in [1.82, 2.24) is 5.32 Å². The minimum Gasteiger partial charge on any atom is -0.398 e. The minimum absolute atomic E-state index is 0.100. The SMILES string of the molecule is C[C@@H](NC(=O)c1cc(F)ccc1N)C1CCCCCC1. The lowest BCUT2D eigenvalue weighted by atomic mass is 9.93. The van der Waals surface area contributed by atoms with Crippen LogP contribution in [0.3, 0.4) is 0 Å². The number of nitrogen functional groups attached to an aromatic ring is 1. The van der Waals surface area contributed by atoms with Crippen LogP contribution in [-0.4, -0.2) is 11.9 Å². The number of halogens is 1. The third-order valence-electron chi connectivity index (χ3n) is 4.23. The molecule has 0 spiro atoms.